The highest BCUT2D eigenvalue weighted by atomic mass is 19.4. The molecular weight excluding hydrogens is 381 g/mol. The summed E-state index contributed by atoms with van der Waals surface area (Å²) in [5.74, 6) is 0.318. The van der Waals surface area contributed by atoms with E-state index in [1.165, 1.54) is 0 Å². The molecule has 0 aliphatic rings. The van der Waals surface area contributed by atoms with E-state index in [1.807, 2.05) is 31.2 Å². The lowest BCUT2D eigenvalue weighted by atomic mass is 10.0. The van der Waals surface area contributed by atoms with Gasteiger partial charge in [0.25, 0.3) is 0 Å². The minimum Gasteiger partial charge on any atom is -0.465 e. The summed E-state index contributed by atoms with van der Waals surface area (Å²) >= 11 is 0. The maximum Gasteiger partial charge on any atom is 0.464 e. The monoisotopic (exact) mass is 403 g/mol. The molecule has 2 rings (SSSR count). The van der Waals surface area contributed by atoms with Crippen molar-refractivity contribution < 1.29 is 31.8 Å². The average Bonchev–Trinajstić information content (AvgIpc) is 2.59. The van der Waals surface area contributed by atoms with Gasteiger partial charge in [0.2, 0.25) is 0 Å². The van der Waals surface area contributed by atoms with Crippen molar-refractivity contribution in [2.45, 2.75) is 45.3 Å². The van der Waals surface area contributed by atoms with Crippen molar-refractivity contribution in [3.63, 3.8) is 0 Å². The lowest BCUT2D eigenvalue weighted by Crippen LogP contribution is -2.43. The van der Waals surface area contributed by atoms with Gasteiger partial charge >= 0.3 is 12.8 Å². The zero-order chi connectivity index (χ0) is 20.7. The zero-order valence-electron chi connectivity index (χ0n) is 15.3. The molecule has 0 saturated carbocycles. The number of ether oxygens (including phenoxy) is 1. The van der Waals surface area contributed by atoms with Crippen LogP contribution in [-0.2, 0) is 12.8 Å². The zero-order valence-corrected chi connectivity index (χ0v) is 15.3. The van der Waals surface area contributed by atoms with Crippen LogP contribution in [0.3, 0.4) is 0 Å². The molecule has 8 heteroatoms. The van der Waals surface area contributed by atoms with E-state index >= 15 is 0 Å². The molecule has 0 fully saturated rings. The summed E-state index contributed by atoms with van der Waals surface area (Å²) in [7, 11) is 0. The second-order valence-corrected chi connectivity index (χ2v) is 6.40. The molecule has 0 aromatic heterocycles. The Balaban J connectivity index is 1.96. The molecule has 0 heterocycles. The molecule has 3 nitrogen and oxygen atoms in total. The van der Waals surface area contributed by atoms with Gasteiger partial charge < -0.3 is 9.84 Å². The van der Waals surface area contributed by atoms with Crippen molar-refractivity contribution >= 4 is 0 Å². The first-order chi connectivity index (χ1) is 13.2. The smallest absolute Gasteiger partial charge is 0.464 e. The van der Waals surface area contributed by atoms with Gasteiger partial charge in [-0.3, -0.25) is 0 Å². The van der Waals surface area contributed by atoms with Crippen LogP contribution in [0.15, 0.2) is 48.5 Å². The molecule has 1 unspecified atom stereocenters. The number of hydrogen-bond donors (Lipinski definition) is 1. The lowest BCUT2D eigenvalue weighted by Gasteiger charge is -2.25. The number of benzene rings is 2. The summed E-state index contributed by atoms with van der Waals surface area (Å²) in [6.45, 7) is -2.79. The van der Waals surface area contributed by atoms with Crippen molar-refractivity contribution in [1.82, 2.24) is 4.90 Å². The van der Waals surface area contributed by atoms with E-state index in [9.17, 15) is 27.1 Å². The molecule has 1 N–H and O–H groups in total. The van der Waals surface area contributed by atoms with Crippen LogP contribution in [0.1, 0.15) is 23.1 Å². The Morgan fingerprint density at radius 3 is 2.39 bits per heavy atom. The molecule has 0 saturated heterocycles. The van der Waals surface area contributed by atoms with Gasteiger partial charge in [-0.15, -0.1) is 0 Å². The molecule has 154 valence electrons. The van der Waals surface area contributed by atoms with Crippen LogP contribution in [-0.4, -0.2) is 35.7 Å². The fraction of sp³-hybridized carbons (Fsp3) is 0.400. The second kappa shape index (κ2) is 9.84. The van der Waals surface area contributed by atoms with Crippen molar-refractivity contribution in [2.24, 2.45) is 0 Å². The number of aliphatic hydroxyl groups is 1. The largest absolute Gasteiger partial charge is 0.465 e. The van der Waals surface area contributed by atoms with Gasteiger partial charge in [0.05, 0.1) is 0 Å². The van der Waals surface area contributed by atoms with Crippen molar-refractivity contribution in [3.8, 4) is 5.75 Å². The summed E-state index contributed by atoms with van der Waals surface area (Å²) in [4.78, 5) is -0.941. The first-order valence-corrected chi connectivity index (χ1v) is 8.76. The number of aliphatic hydroxyl groups excluding tert-OH is 1. The Morgan fingerprint density at radius 1 is 1.04 bits per heavy atom. The predicted octanol–water partition coefficient (Wildman–Crippen LogP) is 4.91. The molecule has 0 radical (unpaired) electrons. The first kappa shape index (κ1) is 22.1. The van der Waals surface area contributed by atoms with E-state index in [-0.39, 0.29) is 0 Å². The maximum atomic E-state index is 12.5. The van der Waals surface area contributed by atoms with E-state index in [0.717, 1.165) is 16.7 Å². The highest BCUT2D eigenvalue weighted by Gasteiger charge is 2.42. The number of hydrogen-bond acceptors (Lipinski definition) is 3. The van der Waals surface area contributed by atoms with E-state index in [0.29, 0.717) is 18.6 Å². The molecule has 2 aromatic rings. The van der Waals surface area contributed by atoms with Crippen molar-refractivity contribution in [1.29, 1.82) is 0 Å². The number of para-hydroxylation sites is 1. The number of aryl methyl sites for hydroxylation is 3. The van der Waals surface area contributed by atoms with Gasteiger partial charge in [0.15, 0.2) is 6.29 Å². The Labute approximate surface area is 160 Å². The topological polar surface area (TPSA) is 32.7 Å². The second-order valence-electron chi connectivity index (χ2n) is 6.40. The Kier molecular flexibility index (Phi) is 7.77. The van der Waals surface area contributed by atoms with Crippen LogP contribution in [0, 0.1) is 6.92 Å². The predicted molar refractivity (Wildman–Crippen MR) is 95.0 cm³/mol. The third-order valence-electron chi connectivity index (χ3n) is 4.18. The highest BCUT2D eigenvalue weighted by molar-refractivity contribution is 5.34. The van der Waals surface area contributed by atoms with Crippen LogP contribution in [0.25, 0.3) is 0 Å². The minimum absolute atomic E-state index is 0.318. The summed E-state index contributed by atoms with van der Waals surface area (Å²) in [6.07, 6.45) is -6.12. The summed E-state index contributed by atoms with van der Waals surface area (Å²) in [5, 5.41) is 9.88. The Hall–Kier alpha value is -2.19. The van der Waals surface area contributed by atoms with Crippen LogP contribution in [0.2, 0.25) is 0 Å². The van der Waals surface area contributed by atoms with Crippen LogP contribution >= 0.6 is 0 Å². The maximum absolute atomic E-state index is 12.5. The van der Waals surface area contributed by atoms with Crippen molar-refractivity contribution in [3.05, 3.63) is 65.2 Å². The van der Waals surface area contributed by atoms with E-state index in [2.05, 4.69) is 0 Å². The standard InChI is InChI=1S/C20H22F5NO2/c1-14-5-4-6-15(13-14)9-10-16-7-2-3-8-17(16)28-18(27)11-12-26(19(21)22)20(23,24)25/h2-8,13,18-19,27H,9-12H2,1H3. The Bertz CT molecular complexity index is 751. The van der Waals surface area contributed by atoms with Gasteiger partial charge in [0.1, 0.15) is 5.75 Å². The Morgan fingerprint density at radius 2 is 1.75 bits per heavy atom. The molecular formula is C20H22F5NO2. The van der Waals surface area contributed by atoms with Gasteiger partial charge in [0, 0.05) is 13.0 Å². The highest BCUT2D eigenvalue weighted by Crippen LogP contribution is 2.26. The molecule has 0 amide bonds. The third-order valence-corrected chi connectivity index (χ3v) is 4.18. The van der Waals surface area contributed by atoms with Gasteiger partial charge in [-0.1, -0.05) is 48.0 Å². The first-order valence-electron chi connectivity index (χ1n) is 8.76. The normalized spacial score (nSPS) is 13.2. The molecule has 28 heavy (non-hydrogen) atoms. The number of alkyl halides is 5. The van der Waals surface area contributed by atoms with E-state index in [4.69, 9.17) is 4.74 Å². The molecule has 1 atom stereocenters. The van der Waals surface area contributed by atoms with Crippen LogP contribution < -0.4 is 4.74 Å². The number of halogens is 5. The molecule has 0 bridgehead atoms. The fourth-order valence-corrected chi connectivity index (χ4v) is 2.76. The lowest BCUT2D eigenvalue weighted by molar-refractivity contribution is -0.294. The number of rotatable bonds is 9. The van der Waals surface area contributed by atoms with E-state index < -0.39 is 37.0 Å². The molecule has 2 aromatic carbocycles. The number of nitrogens with zero attached hydrogens (tertiary/aromatic N) is 1. The van der Waals surface area contributed by atoms with Crippen molar-refractivity contribution in [2.75, 3.05) is 6.54 Å². The van der Waals surface area contributed by atoms with Crippen LogP contribution in [0.4, 0.5) is 22.0 Å². The van der Waals surface area contributed by atoms with Gasteiger partial charge in [-0.05, 0) is 37.0 Å². The van der Waals surface area contributed by atoms with Crippen LogP contribution in [0.5, 0.6) is 5.75 Å². The minimum atomic E-state index is -5.18. The van der Waals surface area contributed by atoms with Gasteiger partial charge in [-0.2, -0.15) is 26.9 Å². The SMILES string of the molecule is Cc1cccc(CCc2ccccc2OC(O)CCN(C(F)F)C(F)(F)F)c1. The van der Waals surface area contributed by atoms with Gasteiger partial charge in [-0.25, -0.2) is 0 Å². The average molecular weight is 403 g/mol. The molecule has 0 aliphatic carbocycles. The summed E-state index contributed by atoms with van der Waals surface area (Å²) < 4.78 is 67.9. The summed E-state index contributed by atoms with van der Waals surface area (Å²) in [5.41, 5.74) is 3.02. The van der Waals surface area contributed by atoms with E-state index in [1.54, 1.807) is 24.3 Å². The summed E-state index contributed by atoms with van der Waals surface area (Å²) in [6, 6.07) is 14.8. The fourth-order valence-electron chi connectivity index (χ4n) is 2.76. The third kappa shape index (κ3) is 6.76. The molecule has 0 aliphatic heterocycles. The quantitative estimate of drug-likeness (QED) is 0.367. The molecule has 0 spiro atoms.